The molecule has 2 unspecified atom stereocenters. The van der Waals surface area contributed by atoms with Crippen LogP contribution in [-0.4, -0.2) is 29.5 Å². The Labute approximate surface area is 81.8 Å². The Balaban J connectivity index is 1.87. The Bertz CT molecular complexity index is 301. The first-order valence-electron chi connectivity index (χ1n) is 4.66. The van der Waals surface area contributed by atoms with Crippen LogP contribution >= 0.6 is 0 Å². The average Bonchev–Trinajstić information content (AvgIpc) is 2.76. The third kappa shape index (κ3) is 1.95. The van der Waals surface area contributed by atoms with Crippen molar-refractivity contribution in [1.82, 2.24) is 10.2 Å². The highest BCUT2D eigenvalue weighted by atomic mass is 16.5. The molecule has 1 aromatic rings. The van der Waals surface area contributed by atoms with E-state index in [-0.39, 0.29) is 6.01 Å². The molecule has 1 saturated carbocycles. The van der Waals surface area contributed by atoms with E-state index in [1.807, 2.05) is 0 Å². The van der Waals surface area contributed by atoms with Gasteiger partial charge in [-0.1, -0.05) is 10.2 Å². The Morgan fingerprint density at radius 2 is 2.36 bits per heavy atom. The second kappa shape index (κ2) is 3.83. The van der Waals surface area contributed by atoms with E-state index in [2.05, 4.69) is 15.5 Å². The summed E-state index contributed by atoms with van der Waals surface area (Å²) < 4.78 is 10.3. The smallest absolute Gasteiger partial charge is 0.317 e. The van der Waals surface area contributed by atoms with Gasteiger partial charge in [0.1, 0.15) is 0 Å². The van der Waals surface area contributed by atoms with Gasteiger partial charge in [-0.2, -0.15) is 0 Å². The van der Waals surface area contributed by atoms with Gasteiger partial charge in [0.2, 0.25) is 0 Å². The third-order valence-electron chi connectivity index (χ3n) is 2.49. The Morgan fingerprint density at radius 1 is 1.50 bits per heavy atom. The molecule has 6 heteroatoms. The summed E-state index contributed by atoms with van der Waals surface area (Å²) in [6.45, 7) is 0. The summed E-state index contributed by atoms with van der Waals surface area (Å²) in [7, 11) is 1.73. The fourth-order valence-corrected chi connectivity index (χ4v) is 1.75. The van der Waals surface area contributed by atoms with E-state index < -0.39 is 0 Å². The topological polar surface area (TPSA) is 86.2 Å². The first-order valence-corrected chi connectivity index (χ1v) is 4.66. The Kier molecular flexibility index (Phi) is 2.53. The average molecular weight is 198 g/mol. The van der Waals surface area contributed by atoms with Gasteiger partial charge in [0.15, 0.2) is 0 Å². The lowest BCUT2D eigenvalue weighted by molar-refractivity contribution is 0.108. The van der Waals surface area contributed by atoms with Crippen LogP contribution in [0.2, 0.25) is 0 Å². The fourth-order valence-electron chi connectivity index (χ4n) is 1.75. The van der Waals surface area contributed by atoms with Gasteiger partial charge in [-0.3, -0.25) is 0 Å². The number of nitrogens with two attached hydrogens (primary N) is 1. The molecule has 1 aliphatic carbocycles. The monoisotopic (exact) mass is 198 g/mol. The predicted molar refractivity (Wildman–Crippen MR) is 50.8 cm³/mol. The maximum absolute atomic E-state index is 5.30. The molecule has 78 valence electrons. The van der Waals surface area contributed by atoms with E-state index in [4.69, 9.17) is 14.9 Å². The van der Waals surface area contributed by atoms with E-state index in [9.17, 15) is 0 Å². The molecule has 1 heterocycles. The van der Waals surface area contributed by atoms with Crippen LogP contribution < -0.4 is 11.1 Å². The molecule has 1 aromatic heterocycles. The van der Waals surface area contributed by atoms with Crippen LogP contribution in [-0.2, 0) is 4.74 Å². The first-order chi connectivity index (χ1) is 6.78. The first kappa shape index (κ1) is 9.26. The van der Waals surface area contributed by atoms with Gasteiger partial charge >= 0.3 is 12.0 Å². The molecule has 0 saturated heterocycles. The molecule has 2 atom stereocenters. The maximum Gasteiger partial charge on any atom is 0.317 e. The second-order valence-corrected chi connectivity index (χ2v) is 3.46. The molecule has 0 bridgehead atoms. The lowest BCUT2D eigenvalue weighted by atomic mass is 10.2. The van der Waals surface area contributed by atoms with Gasteiger partial charge in [-0.25, -0.2) is 0 Å². The number of methoxy groups -OCH3 is 1. The van der Waals surface area contributed by atoms with E-state index >= 15 is 0 Å². The molecule has 0 spiro atoms. The molecule has 0 radical (unpaired) electrons. The summed E-state index contributed by atoms with van der Waals surface area (Å²) >= 11 is 0. The standard InChI is InChI=1S/C8H14N4O2/c1-13-6-3-2-5(4-6)10-8-12-11-7(9)14-8/h5-6H,2-4H2,1H3,(H2,9,11)(H,10,12). The summed E-state index contributed by atoms with van der Waals surface area (Å²) in [6.07, 6.45) is 3.44. The van der Waals surface area contributed by atoms with Crippen LogP contribution in [0.15, 0.2) is 4.42 Å². The summed E-state index contributed by atoms with van der Waals surface area (Å²) in [5, 5.41) is 10.4. The van der Waals surface area contributed by atoms with Crippen LogP contribution in [0.25, 0.3) is 0 Å². The van der Waals surface area contributed by atoms with Crippen molar-refractivity contribution in [3.05, 3.63) is 0 Å². The van der Waals surface area contributed by atoms with Gasteiger partial charge in [0.25, 0.3) is 0 Å². The zero-order valence-corrected chi connectivity index (χ0v) is 8.06. The van der Waals surface area contributed by atoms with E-state index in [0.29, 0.717) is 18.2 Å². The van der Waals surface area contributed by atoms with Crippen LogP contribution in [0.3, 0.4) is 0 Å². The minimum atomic E-state index is 0.0915. The number of hydrogen-bond donors (Lipinski definition) is 2. The number of anilines is 2. The number of ether oxygens (including phenoxy) is 1. The summed E-state index contributed by atoms with van der Waals surface area (Å²) in [4.78, 5) is 0. The normalized spacial score (nSPS) is 26.6. The van der Waals surface area contributed by atoms with Crippen molar-refractivity contribution in [2.75, 3.05) is 18.2 Å². The Hall–Kier alpha value is -1.30. The van der Waals surface area contributed by atoms with Crippen molar-refractivity contribution >= 4 is 12.0 Å². The highest BCUT2D eigenvalue weighted by Gasteiger charge is 2.25. The van der Waals surface area contributed by atoms with Crippen molar-refractivity contribution in [1.29, 1.82) is 0 Å². The molecule has 0 amide bonds. The number of aromatic nitrogens is 2. The molecule has 6 nitrogen and oxygen atoms in total. The molecule has 1 aliphatic rings. The highest BCUT2D eigenvalue weighted by Crippen LogP contribution is 2.24. The summed E-state index contributed by atoms with van der Waals surface area (Å²) in [6, 6.07) is 0.831. The van der Waals surface area contributed by atoms with Crippen LogP contribution in [0, 0.1) is 0 Å². The van der Waals surface area contributed by atoms with Gasteiger partial charge < -0.3 is 20.2 Å². The van der Waals surface area contributed by atoms with Crippen LogP contribution in [0.4, 0.5) is 12.0 Å². The van der Waals surface area contributed by atoms with E-state index in [1.54, 1.807) is 7.11 Å². The molecule has 0 aliphatic heterocycles. The fraction of sp³-hybridized carbons (Fsp3) is 0.750. The van der Waals surface area contributed by atoms with E-state index in [0.717, 1.165) is 19.3 Å². The van der Waals surface area contributed by atoms with E-state index in [1.165, 1.54) is 0 Å². The molecule has 1 fully saturated rings. The molecule has 2 rings (SSSR count). The number of rotatable bonds is 3. The second-order valence-electron chi connectivity index (χ2n) is 3.46. The molecule has 3 N–H and O–H groups in total. The van der Waals surface area contributed by atoms with Crippen LogP contribution in [0.1, 0.15) is 19.3 Å². The molecular formula is C8H14N4O2. The maximum atomic E-state index is 5.30. The lowest BCUT2D eigenvalue weighted by Crippen LogP contribution is -2.17. The van der Waals surface area contributed by atoms with Crippen molar-refractivity contribution in [2.24, 2.45) is 0 Å². The zero-order valence-electron chi connectivity index (χ0n) is 8.06. The van der Waals surface area contributed by atoms with Gasteiger partial charge in [0, 0.05) is 13.2 Å². The van der Waals surface area contributed by atoms with Crippen molar-refractivity contribution in [3.63, 3.8) is 0 Å². The number of nitrogen functional groups attached to an aromatic ring is 1. The molecule has 0 aromatic carbocycles. The Morgan fingerprint density at radius 3 is 2.93 bits per heavy atom. The van der Waals surface area contributed by atoms with Crippen molar-refractivity contribution < 1.29 is 9.15 Å². The van der Waals surface area contributed by atoms with Gasteiger partial charge in [0.05, 0.1) is 6.10 Å². The molecule has 14 heavy (non-hydrogen) atoms. The quantitative estimate of drug-likeness (QED) is 0.740. The predicted octanol–water partition coefficient (Wildman–Crippen LogP) is 0.631. The zero-order chi connectivity index (χ0) is 9.97. The SMILES string of the molecule is COC1CCC(Nc2nnc(N)o2)C1. The van der Waals surface area contributed by atoms with Gasteiger partial charge in [-0.15, -0.1) is 0 Å². The highest BCUT2D eigenvalue weighted by molar-refractivity contribution is 5.24. The number of hydrogen-bond acceptors (Lipinski definition) is 6. The van der Waals surface area contributed by atoms with Crippen LogP contribution in [0.5, 0.6) is 0 Å². The molecular weight excluding hydrogens is 184 g/mol. The van der Waals surface area contributed by atoms with Gasteiger partial charge in [-0.05, 0) is 19.3 Å². The lowest BCUT2D eigenvalue weighted by Gasteiger charge is -2.09. The minimum absolute atomic E-state index is 0.0915. The summed E-state index contributed by atoms with van der Waals surface area (Å²) in [5.74, 6) is 0. The number of nitrogens with zero attached hydrogens (tertiary/aromatic N) is 2. The van der Waals surface area contributed by atoms with Crippen molar-refractivity contribution in [2.45, 2.75) is 31.4 Å². The summed E-state index contributed by atoms with van der Waals surface area (Å²) in [5.41, 5.74) is 5.30. The van der Waals surface area contributed by atoms with Crippen molar-refractivity contribution in [3.8, 4) is 0 Å². The largest absolute Gasteiger partial charge is 0.390 e. The number of nitrogens with one attached hydrogen (secondary N) is 1. The minimum Gasteiger partial charge on any atom is -0.390 e. The third-order valence-corrected chi connectivity index (χ3v) is 2.49.